The number of rotatable bonds is 5. The Labute approximate surface area is 303 Å². The summed E-state index contributed by atoms with van der Waals surface area (Å²) in [5.41, 5.74) is 12.5. The molecular weight excluding hydrogens is 631 g/mol. The molecule has 2 unspecified atom stereocenters. The number of aromatic nitrogens is 3. The van der Waals surface area contributed by atoms with Crippen LogP contribution in [-0.4, -0.2) is 14.5 Å². The Kier molecular flexibility index (Phi) is 7.17. The molecule has 3 heteroatoms. The van der Waals surface area contributed by atoms with E-state index in [1.807, 2.05) is 0 Å². The highest BCUT2D eigenvalue weighted by molar-refractivity contribution is 6.13. The monoisotopic (exact) mass is 665 g/mol. The standard InChI is InChI=1S/C49H35N3/c1-32-41(35-14-6-3-7-15-35)28-29-44-47(32)48(36-22-20-34(21-23-36)33-12-4-2-5-13-33)51-49(50-44)37-24-26-40(27-25-37)52-45-19-11-10-18-42(45)43-30-38-16-8-9-17-39(38)31-46(43)52/h2-32,41H,1H3. The zero-order valence-electron chi connectivity index (χ0n) is 28.8. The van der Waals surface area contributed by atoms with Gasteiger partial charge in [-0.15, -0.1) is 0 Å². The molecule has 1 aliphatic rings. The molecule has 0 spiro atoms. The Morgan fingerprint density at radius 2 is 1.12 bits per heavy atom. The summed E-state index contributed by atoms with van der Waals surface area (Å²) >= 11 is 0. The molecule has 1 aliphatic carbocycles. The van der Waals surface area contributed by atoms with Crippen LogP contribution in [0.25, 0.3) is 78.1 Å². The van der Waals surface area contributed by atoms with Gasteiger partial charge in [0.2, 0.25) is 0 Å². The average Bonchev–Trinajstić information content (AvgIpc) is 3.53. The van der Waals surface area contributed by atoms with Crippen LogP contribution in [0.2, 0.25) is 0 Å². The van der Waals surface area contributed by atoms with Crippen molar-refractivity contribution < 1.29 is 0 Å². The normalized spacial score (nSPS) is 15.3. The zero-order valence-corrected chi connectivity index (χ0v) is 28.8. The number of nitrogens with zero attached hydrogens (tertiary/aromatic N) is 3. The van der Waals surface area contributed by atoms with E-state index in [4.69, 9.17) is 9.97 Å². The lowest BCUT2D eigenvalue weighted by Gasteiger charge is -2.29. The van der Waals surface area contributed by atoms with Crippen LogP contribution in [-0.2, 0) is 0 Å². The van der Waals surface area contributed by atoms with E-state index in [1.54, 1.807) is 0 Å². The number of para-hydroxylation sites is 1. The highest BCUT2D eigenvalue weighted by atomic mass is 15.0. The molecular formula is C49H35N3. The van der Waals surface area contributed by atoms with Crippen LogP contribution in [0.4, 0.5) is 0 Å². The van der Waals surface area contributed by atoms with Crippen LogP contribution in [0, 0.1) is 0 Å². The molecule has 10 rings (SSSR count). The fourth-order valence-corrected chi connectivity index (χ4v) is 8.17. The smallest absolute Gasteiger partial charge is 0.160 e. The van der Waals surface area contributed by atoms with E-state index in [1.165, 1.54) is 54.8 Å². The van der Waals surface area contributed by atoms with Crippen molar-refractivity contribution >= 4 is 38.7 Å². The molecule has 2 aromatic heterocycles. The van der Waals surface area contributed by atoms with Gasteiger partial charge in [-0.3, -0.25) is 0 Å². The first-order valence-corrected chi connectivity index (χ1v) is 18.0. The fraction of sp³-hybridized carbons (Fsp3) is 0.0612. The van der Waals surface area contributed by atoms with E-state index in [2.05, 4.69) is 194 Å². The second-order valence-electron chi connectivity index (χ2n) is 13.8. The summed E-state index contributed by atoms with van der Waals surface area (Å²) in [4.78, 5) is 10.6. The van der Waals surface area contributed by atoms with E-state index in [-0.39, 0.29) is 11.8 Å². The predicted octanol–water partition coefficient (Wildman–Crippen LogP) is 12.6. The fourth-order valence-electron chi connectivity index (χ4n) is 8.17. The van der Waals surface area contributed by atoms with Crippen LogP contribution < -0.4 is 0 Å². The van der Waals surface area contributed by atoms with Crippen LogP contribution in [0.5, 0.6) is 0 Å². The lowest BCUT2D eigenvalue weighted by molar-refractivity contribution is 0.663. The number of allylic oxidation sites excluding steroid dienone is 1. The molecule has 2 heterocycles. The van der Waals surface area contributed by atoms with E-state index < -0.39 is 0 Å². The van der Waals surface area contributed by atoms with Gasteiger partial charge in [0.25, 0.3) is 0 Å². The zero-order chi connectivity index (χ0) is 34.6. The van der Waals surface area contributed by atoms with Gasteiger partial charge in [-0.05, 0) is 81.9 Å². The van der Waals surface area contributed by atoms with Crippen molar-refractivity contribution in [3.8, 4) is 39.5 Å². The Bertz CT molecular complexity index is 2780. The Morgan fingerprint density at radius 3 is 1.88 bits per heavy atom. The second kappa shape index (κ2) is 12.3. The molecule has 0 radical (unpaired) electrons. The lowest BCUT2D eigenvalue weighted by atomic mass is 9.77. The molecule has 0 fully saturated rings. The minimum absolute atomic E-state index is 0.203. The van der Waals surface area contributed by atoms with Crippen molar-refractivity contribution in [2.24, 2.45) is 0 Å². The van der Waals surface area contributed by atoms with Gasteiger partial charge < -0.3 is 4.57 Å². The molecule has 0 bridgehead atoms. The summed E-state index contributed by atoms with van der Waals surface area (Å²) in [6, 6.07) is 60.8. The Balaban J connectivity index is 1.10. The SMILES string of the molecule is CC1c2c(nc(-c3ccc(-n4c5ccccc5c5cc6ccccc6cc54)cc3)nc2-c2ccc(-c3ccccc3)cc2)C=CC1c1ccccc1. The van der Waals surface area contributed by atoms with E-state index in [9.17, 15) is 0 Å². The quantitative estimate of drug-likeness (QED) is 0.183. The molecule has 3 nitrogen and oxygen atoms in total. The summed E-state index contributed by atoms with van der Waals surface area (Å²) in [5.74, 6) is 1.18. The molecule has 246 valence electrons. The molecule has 0 saturated carbocycles. The maximum absolute atomic E-state index is 5.38. The van der Waals surface area contributed by atoms with E-state index in [0.717, 1.165) is 34.0 Å². The molecule has 0 aliphatic heterocycles. The summed E-state index contributed by atoms with van der Waals surface area (Å²) in [6.07, 6.45) is 4.52. The van der Waals surface area contributed by atoms with Crippen LogP contribution in [0.15, 0.2) is 176 Å². The number of hydrogen-bond donors (Lipinski definition) is 0. The molecule has 2 atom stereocenters. The Morgan fingerprint density at radius 1 is 0.500 bits per heavy atom. The molecule has 0 amide bonds. The number of benzene rings is 7. The average molecular weight is 666 g/mol. The maximum Gasteiger partial charge on any atom is 0.160 e. The molecule has 9 aromatic rings. The van der Waals surface area contributed by atoms with Crippen molar-refractivity contribution in [2.75, 3.05) is 0 Å². The van der Waals surface area contributed by atoms with Gasteiger partial charge in [-0.2, -0.15) is 0 Å². The second-order valence-corrected chi connectivity index (χ2v) is 13.8. The third kappa shape index (κ3) is 5.05. The molecule has 7 aromatic carbocycles. The summed E-state index contributed by atoms with van der Waals surface area (Å²) < 4.78 is 2.38. The number of hydrogen-bond acceptors (Lipinski definition) is 2. The van der Waals surface area contributed by atoms with Crippen molar-refractivity contribution in [3.63, 3.8) is 0 Å². The van der Waals surface area contributed by atoms with Crippen molar-refractivity contribution in [2.45, 2.75) is 18.8 Å². The molecule has 0 N–H and O–H groups in total. The van der Waals surface area contributed by atoms with Crippen molar-refractivity contribution in [1.29, 1.82) is 0 Å². The first-order chi connectivity index (χ1) is 25.7. The molecule has 0 saturated heterocycles. The third-order valence-corrected chi connectivity index (χ3v) is 10.8. The van der Waals surface area contributed by atoms with Gasteiger partial charge in [0.05, 0.1) is 22.4 Å². The Hall–Kier alpha value is -6.58. The van der Waals surface area contributed by atoms with Gasteiger partial charge in [0.1, 0.15) is 0 Å². The summed E-state index contributed by atoms with van der Waals surface area (Å²) in [5, 5.41) is 5.00. The summed E-state index contributed by atoms with van der Waals surface area (Å²) in [7, 11) is 0. The van der Waals surface area contributed by atoms with E-state index in [0.29, 0.717) is 0 Å². The van der Waals surface area contributed by atoms with Crippen LogP contribution >= 0.6 is 0 Å². The van der Waals surface area contributed by atoms with Crippen molar-refractivity contribution in [1.82, 2.24) is 14.5 Å². The van der Waals surface area contributed by atoms with Gasteiger partial charge in [-0.25, -0.2) is 9.97 Å². The van der Waals surface area contributed by atoms with Gasteiger partial charge >= 0.3 is 0 Å². The highest BCUT2D eigenvalue weighted by Gasteiger charge is 2.29. The van der Waals surface area contributed by atoms with Gasteiger partial charge in [0.15, 0.2) is 5.82 Å². The summed E-state index contributed by atoms with van der Waals surface area (Å²) in [6.45, 7) is 2.31. The van der Waals surface area contributed by atoms with Gasteiger partial charge in [0, 0.05) is 39.1 Å². The van der Waals surface area contributed by atoms with Crippen LogP contribution in [0.3, 0.4) is 0 Å². The molecule has 52 heavy (non-hydrogen) atoms. The minimum Gasteiger partial charge on any atom is -0.309 e. The topological polar surface area (TPSA) is 30.7 Å². The predicted molar refractivity (Wildman–Crippen MR) is 217 cm³/mol. The third-order valence-electron chi connectivity index (χ3n) is 10.8. The van der Waals surface area contributed by atoms with Crippen LogP contribution in [0.1, 0.15) is 35.6 Å². The first-order valence-electron chi connectivity index (χ1n) is 18.0. The maximum atomic E-state index is 5.38. The van der Waals surface area contributed by atoms with E-state index >= 15 is 0 Å². The number of fused-ring (bicyclic) bond motifs is 5. The van der Waals surface area contributed by atoms with Crippen molar-refractivity contribution in [3.05, 3.63) is 193 Å². The highest BCUT2D eigenvalue weighted by Crippen LogP contribution is 2.44. The largest absolute Gasteiger partial charge is 0.309 e. The first kappa shape index (κ1) is 30.3. The lowest BCUT2D eigenvalue weighted by Crippen LogP contribution is -2.15. The van der Waals surface area contributed by atoms with Gasteiger partial charge in [-0.1, -0.05) is 140 Å². The minimum atomic E-state index is 0.203.